The van der Waals surface area contributed by atoms with Crippen LogP contribution >= 0.6 is 0 Å². The van der Waals surface area contributed by atoms with Crippen LogP contribution in [0.15, 0.2) is 30.3 Å². The van der Waals surface area contributed by atoms with Crippen LogP contribution in [0.25, 0.3) is 0 Å². The summed E-state index contributed by atoms with van der Waals surface area (Å²) < 4.78 is 5.68. The van der Waals surface area contributed by atoms with Crippen LogP contribution in [0.1, 0.15) is 44.1 Å². The van der Waals surface area contributed by atoms with Gasteiger partial charge in [0.15, 0.2) is 0 Å². The van der Waals surface area contributed by atoms with Gasteiger partial charge >= 0.3 is 6.09 Å². The fraction of sp³-hybridized carbons (Fsp3) is 0.667. The first-order valence-electron chi connectivity index (χ1n) is 9.67. The van der Waals surface area contributed by atoms with Crippen molar-refractivity contribution in [3.63, 3.8) is 0 Å². The van der Waals surface area contributed by atoms with Gasteiger partial charge in [0.05, 0.1) is 6.54 Å². The Balaban J connectivity index is 1.26. The van der Waals surface area contributed by atoms with E-state index in [0.717, 1.165) is 37.3 Å². The third-order valence-electron chi connectivity index (χ3n) is 6.95. The van der Waals surface area contributed by atoms with E-state index in [2.05, 4.69) is 24.3 Å². The zero-order chi connectivity index (χ0) is 16.1. The minimum atomic E-state index is -0.0772. The number of cyclic esters (lactones) is 1. The second-order valence-electron chi connectivity index (χ2n) is 8.99. The number of hydrogen-bond donors (Lipinski definition) is 0. The number of carbonyl (C=O) groups is 1. The van der Waals surface area contributed by atoms with Gasteiger partial charge in [0.25, 0.3) is 0 Å². The molecule has 3 heteroatoms. The van der Waals surface area contributed by atoms with Gasteiger partial charge in [-0.25, -0.2) is 4.79 Å². The molecule has 1 amide bonds. The van der Waals surface area contributed by atoms with Gasteiger partial charge in [-0.3, -0.25) is 0 Å². The van der Waals surface area contributed by atoms with Crippen LogP contribution in [0, 0.1) is 23.2 Å². The highest BCUT2D eigenvalue weighted by atomic mass is 16.6. The van der Waals surface area contributed by atoms with Crippen molar-refractivity contribution < 1.29 is 9.53 Å². The van der Waals surface area contributed by atoms with Crippen molar-refractivity contribution >= 4 is 6.09 Å². The molecule has 4 aliphatic carbocycles. The Morgan fingerprint density at radius 3 is 2.25 bits per heavy atom. The molecule has 1 aromatic carbocycles. The summed E-state index contributed by atoms with van der Waals surface area (Å²) in [5.74, 6) is 2.82. The summed E-state index contributed by atoms with van der Waals surface area (Å²) in [6.07, 6.45) is 9.22. The maximum absolute atomic E-state index is 12.4. The first-order chi connectivity index (χ1) is 11.7. The van der Waals surface area contributed by atoms with E-state index >= 15 is 0 Å². The lowest BCUT2D eigenvalue weighted by molar-refractivity contribution is -0.0627. The lowest BCUT2D eigenvalue weighted by atomic mass is 9.49. The van der Waals surface area contributed by atoms with Gasteiger partial charge in [-0.2, -0.15) is 0 Å². The van der Waals surface area contributed by atoms with Crippen molar-refractivity contribution in [1.29, 1.82) is 0 Å². The molecule has 0 unspecified atom stereocenters. The van der Waals surface area contributed by atoms with Gasteiger partial charge in [-0.05, 0) is 67.3 Å². The van der Waals surface area contributed by atoms with Gasteiger partial charge in [0.1, 0.15) is 6.10 Å². The smallest absolute Gasteiger partial charge is 0.410 e. The molecule has 0 N–H and O–H groups in total. The maximum Gasteiger partial charge on any atom is 0.410 e. The summed E-state index contributed by atoms with van der Waals surface area (Å²) in [6, 6.07) is 10.4. The topological polar surface area (TPSA) is 29.5 Å². The molecule has 1 atom stereocenters. The minimum absolute atomic E-state index is 0.0220. The van der Waals surface area contributed by atoms with Gasteiger partial charge in [-0.1, -0.05) is 30.3 Å². The third-order valence-corrected chi connectivity index (χ3v) is 6.95. The van der Waals surface area contributed by atoms with Crippen molar-refractivity contribution in [3.8, 4) is 0 Å². The van der Waals surface area contributed by atoms with E-state index < -0.39 is 0 Å². The number of amides is 1. The Bertz CT molecular complexity index is 591. The molecule has 5 fully saturated rings. The Morgan fingerprint density at radius 1 is 1.00 bits per heavy atom. The highest BCUT2D eigenvalue weighted by Gasteiger charge is 2.52. The number of rotatable bonds is 4. The highest BCUT2D eigenvalue weighted by Crippen LogP contribution is 2.60. The molecule has 1 aromatic rings. The predicted molar refractivity (Wildman–Crippen MR) is 92.6 cm³/mol. The molecule has 4 bridgehead atoms. The first-order valence-corrected chi connectivity index (χ1v) is 9.67. The predicted octanol–water partition coefficient (Wildman–Crippen LogP) is 4.27. The van der Waals surface area contributed by atoms with Crippen LogP contribution in [-0.2, 0) is 11.2 Å². The van der Waals surface area contributed by atoms with Gasteiger partial charge in [-0.15, -0.1) is 0 Å². The van der Waals surface area contributed by atoms with Crippen molar-refractivity contribution in [2.75, 3.05) is 13.1 Å². The number of hydrogen-bond acceptors (Lipinski definition) is 2. The average Bonchev–Trinajstić information content (AvgIpc) is 2.85. The number of ether oxygens (including phenoxy) is 1. The zero-order valence-electron chi connectivity index (χ0n) is 14.3. The van der Waals surface area contributed by atoms with Crippen LogP contribution in [0.4, 0.5) is 4.79 Å². The van der Waals surface area contributed by atoms with E-state index in [0.29, 0.717) is 5.41 Å². The maximum atomic E-state index is 12.4. The second-order valence-corrected chi connectivity index (χ2v) is 8.99. The molecule has 4 saturated carbocycles. The molecule has 5 aliphatic rings. The second kappa shape index (κ2) is 5.50. The fourth-order valence-corrected chi connectivity index (χ4v) is 6.58. The van der Waals surface area contributed by atoms with Gasteiger partial charge in [0, 0.05) is 13.0 Å². The van der Waals surface area contributed by atoms with Gasteiger partial charge < -0.3 is 9.64 Å². The molecule has 1 aliphatic heterocycles. The van der Waals surface area contributed by atoms with Crippen LogP contribution in [-0.4, -0.2) is 30.2 Å². The van der Waals surface area contributed by atoms with E-state index in [9.17, 15) is 4.79 Å². The van der Waals surface area contributed by atoms with Crippen molar-refractivity contribution in [2.45, 2.75) is 51.0 Å². The summed E-state index contributed by atoms with van der Waals surface area (Å²) in [7, 11) is 0. The number of nitrogens with zero attached hydrogens (tertiary/aromatic N) is 1. The third kappa shape index (κ3) is 2.62. The zero-order valence-corrected chi connectivity index (χ0v) is 14.3. The molecule has 1 saturated heterocycles. The quantitative estimate of drug-likeness (QED) is 0.827. The summed E-state index contributed by atoms with van der Waals surface area (Å²) in [5, 5.41) is 0. The van der Waals surface area contributed by atoms with Crippen LogP contribution in [0.5, 0.6) is 0 Å². The van der Waals surface area contributed by atoms with Gasteiger partial charge in [0.2, 0.25) is 0 Å². The Morgan fingerprint density at radius 2 is 1.62 bits per heavy atom. The molecule has 0 spiro atoms. The molecule has 24 heavy (non-hydrogen) atoms. The molecule has 0 aromatic heterocycles. The first kappa shape index (κ1) is 14.8. The lowest BCUT2D eigenvalue weighted by Crippen LogP contribution is -2.51. The van der Waals surface area contributed by atoms with Crippen molar-refractivity contribution in [3.05, 3.63) is 35.9 Å². The van der Waals surface area contributed by atoms with E-state index in [1.807, 2.05) is 11.0 Å². The molecule has 3 nitrogen and oxygen atoms in total. The Labute approximate surface area is 144 Å². The summed E-state index contributed by atoms with van der Waals surface area (Å²) >= 11 is 0. The number of carbonyl (C=O) groups excluding carboxylic acids is 1. The normalized spacial score (nSPS) is 40.2. The lowest BCUT2D eigenvalue weighted by Gasteiger charge is -2.57. The van der Waals surface area contributed by atoms with Crippen LogP contribution in [0.3, 0.4) is 0 Å². The summed E-state index contributed by atoms with van der Waals surface area (Å²) in [4.78, 5) is 14.4. The SMILES string of the molecule is O=C1O[C@@H](Cc2ccccc2)CN1CC12CC3CC(CC(C3)C1)C2. The van der Waals surface area contributed by atoms with E-state index in [4.69, 9.17) is 4.74 Å². The van der Waals surface area contributed by atoms with Crippen molar-refractivity contribution in [2.24, 2.45) is 23.2 Å². The molecule has 6 rings (SSSR count). The molecule has 0 radical (unpaired) electrons. The largest absolute Gasteiger partial charge is 0.444 e. The molecular weight excluding hydrogens is 298 g/mol. The minimum Gasteiger partial charge on any atom is -0.444 e. The summed E-state index contributed by atoms with van der Waals surface area (Å²) in [5.41, 5.74) is 1.67. The van der Waals surface area contributed by atoms with E-state index in [1.54, 1.807) is 0 Å². The Hall–Kier alpha value is -1.51. The summed E-state index contributed by atoms with van der Waals surface area (Å²) in [6.45, 7) is 1.72. The highest BCUT2D eigenvalue weighted by molar-refractivity contribution is 5.70. The molecular formula is C21H27NO2. The number of benzene rings is 1. The monoisotopic (exact) mass is 325 g/mol. The molecule has 1 heterocycles. The standard InChI is InChI=1S/C21H27NO2/c23-20-22(13-19(24-20)9-15-4-2-1-3-5-15)14-21-10-16-6-17(11-21)8-18(7-16)12-21/h1-5,16-19H,6-14H2/t16?,17?,18?,19-,21?/m0/s1. The van der Waals surface area contributed by atoms with E-state index in [1.165, 1.54) is 44.1 Å². The van der Waals surface area contributed by atoms with Crippen LogP contribution in [0.2, 0.25) is 0 Å². The van der Waals surface area contributed by atoms with E-state index in [-0.39, 0.29) is 12.2 Å². The fourth-order valence-electron chi connectivity index (χ4n) is 6.58. The average molecular weight is 325 g/mol. The van der Waals surface area contributed by atoms with Crippen molar-refractivity contribution in [1.82, 2.24) is 4.90 Å². The Kier molecular flexibility index (Phi) is 3.39. The van der Waals surface area contributed by atoms with Crippen LogP contribution < -0.4 is 0 Å². The molecule has 128 valence electrons.